The fourth-order valence-corrected chi connectivity index (χ4v) is 7.15. The van der Waals surface area contributed by atoms with Gasteiger partial charge in [0.05, 0.1) is 16.9 Å². The van der Waals surface area contributed by atoms with Crippen molar-refractivity contribution in [1.82, 2.24) is 19.5 Å². The van der Waals surface area contributed by atoms with Crippen molar-refractivity contribution in [3.63, 3.8) is 0 Å². The van der Waals surface area contributed by atoms with E-state index >= 15 is 0 Å². The minimum absolute atomic E-state index is 0.0865. The van der Waals surface area contributed by atoms with Gasteiger partial charge in [-0.05, 0) is 71.8 Å². The van der Waals surface area contributed by atoms with Crippen LogP contribution in [0.15, 0.2) is 164 Å². The third kappa shape index (κ3) is 4.90. The molecular weight excluding hydrogens is 599 g/mol. The summed E-state index contributed by atoms with van der Waals surface area (Å²) >= 11 is 0. The van der Waals surface area contributed by atoms with E-state index in [-0.39, 0.29) is 5.41 Å². The minimum Gasteiger partial charge on any atom is -0.317 e. The smallest absolute Gasteiger partial charge is 0.164 e. The van der Waals surface area contributed by atoms with Crippen LogP contribution in [-0.2, 0) is 5.41 Å². The van der Waals surface area contributed by atoms with Crippen LogP contribution in [-0.4, -0.2) is 19.5 Å². The lowest BCUT2D eigenvalue weighted by molar-refractivity contribution is 0.632. The van der Waals surface area contributed by atoms with E-state index in [1.54, 1.807) is 0 Å². The molecule has 8 aromatic rings. The first kappa shape index (κ1) is 28.9. The van der Waals surface area contributed by atoms with E-state index in [9.17, 15) is 0 Å². The van der Waals surface area contributed by atoms with E-state index < -0.39 is 0 Å². The lowest BCUT2D eigenvalue weighted by Gasteiger charge is -2.42. The summed E-state index contributed by atoms with van der Waals surface area (Å²) in [5, 5.41) is 1.18. The summed E-state index contributed by atoms with van der Waals surface area (Å²) in [6, 6.07) is 55.1. The maximum Gasteiger partial charge on any atom is 0.164 e. The van der Waals surface area contributed by atoms with Gasteiger partial charge in [-0.1, -0.05) is 111 Å². The lowest BCUT2D eigenvalue weighted by Crippen LogP contribution is -2.30. The molecule has 49 heavy (non-hydrogen) atoms. The number of rotatable bonds is 5. The molecule has 1 aliphatic heterocycles. The molecule has 6 aromatic carbocycles. The Kier molecular flexibility index (Phi) is 6.73. The van der Waals surface area contributed by atoms with Crippen LogP contribution < -0.4 is 4.90 Å². The molecule has 1 aliphatic rings. The Labute approximate surface area is 285 Å². The molecule has 3 heterocycles. The average Bonchev–Trinajstić information content (AvgIpc) is 3.59. The molecule has 2 aromatic heterocycles. The highest BCUT2D eigenvalue weighted by atomic mass is 15.2. The van der Waals surface area contributed by atoms with Crippen LogP contribution in [0.5, 0.6) is 0 Å². The molecule has 0 saturated carbocycles. The molecule has 0 unspecified atom stereocenters. The number of hydrogen-bond donors (Lipinski definition) is 0. The van der Waals surface area contributed by atoms with Gasteiger partial charge in [-0.2, -0.15) is 0 Å². The van der Waals surface area contributed by atoms with E-state index in [2.05, 4.69) is 127 Å². The molecule has 0 fully saturated rings. The molecular formula is C44H33N5. The van der Waals surface area contributed by atoms with Crippen LogP contribution in [0, 0.1) is 0 Å². The topological polar surface area (TPSA) is 46.8 Å². The van der Waals surface area contributed by atoms with Gasteiger partial charge in [0.15, 0.2) is 17.5 Å². The summed E-state index contributed by atoms with van der Waals surface area (Å²) in [7, 11) is 0. The fraction of sp³-hybridized carbons (Fsp3) is 0.0682. The normalized spacial score (nSPS) is 13.2. The number of fused-ring (bicyclic) bond motifs is 3. The quantitative estimate of drug-likeness (QED) is 0.190. The van der Waals surface area contributed by atoms with Gasteiger partial charge in [0, 0.05) is 45.1 Å². The highest BCUT2D eigenvalue weighted by Gasteiger charge is 2.36. The van der Waals surface area contributed by atoms with Crippen molar-refractivity contribution < 1.29 is 0 Å². The molecule has 0 saturated heterocycles. The Morgan fingerprint density at radius 1 is 0.449 bits per heavy atom. The molecule has 0 atom stereocenters. The summed E-state index contributed by atoms with van der Waals surface area (Å²) in [5.41, 5.74) is 11.2. The van der Waals surface area contributed by atoms with Crippen LogP contribution in [0.4, 0.5) is 17.1 Å². The molecule has 0 N–H and O–H groups in total. The maximum atomic E-state index is 4.90. The number of para-hydroxylation sites is 2. The van der Waals surface area contributed by atoms with Crippen molar-refractivity contribution in [2.24, 2.45) is 0 Å². The van der Waals surface area contributed by atoms with E-state index in [0.717, 1.165) is 33.6 Å². The van der Waals surface area contributed by atoms with Crippen LogP contribution in [0.2, 0.25) is 0 Å². The first-order valence-electron chi connectivity index (χ1n) is 16.6. The Balaban J connectivity index is 1.08. The molecule has 0 spiro atoms. The van der Waals surface area contributed by atoms with Crippen molar-refractivity contribution in [2.75, 3.05) is 4.90 Å². The van der Waals surface area contributed by atoms with Crippen molar-refractivity contribution >= 4 is 28.0 Å². The second-order valence-corrected chi connectivity index (χ2v) is 13.0. The summed E-state index contributed by atoms with van der Waals surface area (Å²) < 4.78 is 2.24. The van der Waals surface area contributed by atoms with E-state index in [1.807, 2.05) is 60.7 Å². The summed E-state index contributed by atoms with van der Waals surface area (Å²) in [5.74, 6) is 1.96. The van der Waals surface area contributed by atoms with Gasteiger partial charge >= 0.3 is 0 Å². The van der Waals surface area contributed by atoms with Crippen LogP contribution >= 0.6 is 0 Å². The zero-order valence-corrected chi connectivity index (χ0v) is 27.3. The Morgan fingerprint density at radius 3 is 1.47 bits per heavy atom. The molecule has 0 radical (unpaired) electrons. The number of anilines is 3. The Hall–Kier alpha value is -6.33. The van der Waals surface area contributed by atoms with Crippen molar-refractivity contribution in [3.05, 3.63) is 175 Å². The highest BCUT2D eigenvalue weighted by Crippen LogP contribution is 2.51. The second-order valence-electron chi connectivity index (χ2n) is 13.0. The number of hydrogen-bond acceptors (Lipinski definition) is 4. The van der Waals surface area contributed by atoms with E-state index in [4.69, 9.17) is 15.0 Å². The van der Waals surface area contributed by atoms with Gasteiger partial charge in [0.1, 0.15) is 0 Å². The standard InChI is InChI=1S/C44H33N5/c1-44(2)36-17-9-11-19-39(36)49(40-20-12-10-18-37(40)44)35-25-26-38-33(29-35)27-28-48(38)34-23-21-32(22-24-34)43-46-41(30-13-5-3-6-14-30)45-42(47-43)31-15-7-4-8-16-31/h3-29H,1-2H3. The average molecular weight is 632 g/mol. The maximum absolute atomic E-state index is 4.90. The summed E-state index contributed by atoms with van der Waals surface area (Å²) in [6.07, 6.45) is 2.15. The number of aromatic nitrogens is 4. The second kappa shape index (κ2) is 11.4. The molecule has 5 nitrogen and oxygen atoms in total. The molecule has 0 bridgehead atoms. The summed E-state index contributed by atoms with van der Waals surface area (Å²) in [6.45, 7) is 4.64. The van der Waals surface area contributed by atoms with Gasteiger partial charge in [-0.25, -0.2) is 15.0 Å². The summed E-state index contributed by atoms with van der Waals surface area (Å²) in [4.78, 5) is 17.0. The zero-order chi connectivity index (χ0) is 33.0. The minimum atomic E-state index is -0.0865. The first-order chi connectivity index (χ1) is 24.0. The van der Waals surface area contributed by atoms with Gasteiger partial charge in [-0.15, -0.1) is 0 Å². The monoisotopic (exact) mass is 631 g/mol. The van der Waals surface area contributed by atoms with Crippen molar-refractivity contribution in [1.29, 1.82) is 0 Å². The SMILES string of the molecule is CC1(C)c2ccccc2N(c2ccc3c(ccn3-c3ccc(-c4nc(-c5ccccc5)nc(-c5ccccc5)n4)cc3)c2)c2ccccc21. The molecule has 234 valence electrons. The van der Waals surface area contributed by atoms with Gasteiger partial charge in [0.2, 0.25) is 0 Å². The predicted molar refractivity (Wildman–Crippen MR) is 200 cm³/mol. The van der Waals surface area contributed by atoms with Crippen LogP contribution in [0.25, 0.3) is 50.8 Å². The first-order valence-corrected chi connectivity index (χ1v) is 16.6. The molecule has 0 aliphatic carbocycles. The van der Waals surface area contributed by atoms with E-state index in [1.165, 1.54) is 27.9 Å². The van der Waals surface area contributed by atoms with Crippen LogP contribution in [0.1, 0.15) is 25.0 Å². The highest BCUT2D eigenvalue weighted by molar-refractivity contribution is 5.92. The zero-order valence-electron chi connectivity index (χ0n) is 27.3. The van der Waals surface area contributed by atoms with Gasteiger partial charge in [-0.3, -0.25) is 0 Å². The molecule has 9 rings (SSSR count). The van der Waals surface area contributed by atoms with Crippen molar-refractivity contribution in [3.8, 4) is 39.9 Å². The Bertz CT molecular complexity index is 2360. The van der Waals surface area contributed by atoms with E-state index in [0.29, 0.717) is 17.5 Å². The van der Waals surface area contributed by atoms with Gasteiger partial charge < -0.3 is 9.47 Å². The Morgan fingerprint density at radius 2 is 0.918 bits per heavy atom. The fourth-order valence-electron chi connectivity index (χ4n) is 7.15. The molecule has 5 heteroatoms. The lowest BCUT2D eigenvalue weighted by atomic mass is 9.73. The third-order valence-corrected chi connectivity index (χ3v) is 9.67. The number of benzene rings is 6. The largest absolute Gasteiger partial charge is 0.317 e. The predicted octanol–water partition coefficient (Wildman–Crippen LogP) is 10.9. The number of nitrogens with zero attached hydrogens (tertiary/aromatic N) is 5. The van der Waals surface area contributed by atoms with Crippen molar-refractivity contribution in [2.45, 2.75) is 19.3 Å². The third-order valence-electron chi connectivity index (χ3n) is 9.67. The van der Waals surface area contributed by atoms with Gasteiger partial charge in [0.25, 0.3) is 0 Å². The van der Waals surface area contributed by atoms with Crippen LogP contribution in [0.3, 0.4) is 0 Å². The molecule has 0 amide bonds.